The van der Waals surface area contributed by atoms with Gasteiger partial charge in [0.15, 0.2) is 0 Å². The molecule has 0 aromatic heterocycles. The van der Waals surface area contributed by atoms with E-state index in [1.807, 2.05) is 46.1 Å². The molecule has 0 saturated heterocycles. The quantitative estimate of drug-likeness (QED) is 0.511. The molecule has 0 fully saturated rings. The summed E-state index contributed by atoms with van der Waals surface area (Å²) in [6.45, 7) is 2.82. The zero-order chi connectivity index (χ0) is 13.2. The van der Waals surface area contributed by atoms with Crippen LogP contribution in [0.4, 0.5) is 0 Å². The number of nitrogens with zero attached hydrogens (tertiary/aromatic N) is 1. The summed E-state index contributed by atoms with van der Waals surface area (Å²) in [4.78, 5) is 21.0. The molecule has 0 saturated carbocycles. The Balaban J connectivity index is -0.000000172. The van der Waals surface area contributed by atoms with E-state index >= 15 is 0 Å². The van der Waals surface area contributed by atoms with Crippen molar-refractivity contribution in [1.29, 1.82) is 0 Å². The highest BCUT2D eigenvalue weighted by molar-refractivity contribution is 5.52. The molecular formula is C11H25N3O2. The van der Waals surface area contributed by atoms with Crippen molar-refractivity contribution in [3.05, 3.63) is 12.3 Å². The molecule has 0 atom stereocenters. The van der Waals surface area contributed by atoms with Crippen molar-refractivity contribution in [2.24, 2.45) is 0 Å². The number of rotatable bonds is 5. The molecule has 96 valence electrons. The van der Waals surface area contributed by atoms with E-state index in [2.05, 4.69) is 10.6 Å². The maximum absolute atomic E-state index is 9.58. The van der Waals surface area contributed by atoms with Crippen molar-refractivity contribution >= 4 is 12.6 Å². The maximum atomic E-state index is 9.58. The van der Waals surface area contributed by atoms with Crippen LogP contribution in [0.15, 0.2) is 12.3 Å². The van der Waals surface area contributed by atoms with E-state index < -0.39 is 0 Å². The molecule has 0 bridgehead atoms. The van der Waals surface area contributed by atoms with Crippen molar-refractivity contribution < 1.29 is 9.59 Å². The summed E-state index contributed by atoms with van der Waals surface area (Å²) >= 11 is 0. The van der Waals surface area contributed by atoms with Crippen molar-refractivity contribution in [1.82, 2.24) is 15.5 Å². The molecule has 0 amide bonds. The van der Waals surface area contributed by atoms with Gasteiger partial charge in [-0.25, -0.2) is 0 Å². The van der Waals surface area contributed by atoms with Crippen LogP contribution in [0.3, 0.4) is 0 Å². The monoisotopic (exact) mass is 231 g/mol. The molecule has 5 nitrogen and oxygen atoms in total. The minimum absolute atomic E-state index is 0.407. The number of carbonyl (C=O) groups is 2. The van der Waals surface area contributed by atoms with E-state index in [1.54, 1.807) is 6.20 Å². The SMILES string of the molecule is C/C=C/NCC=O.CN(C)CC=O.CNC. The number of hydrogen-bond acceptors (Lipinski definition) is 5. The standard InChI is InChI=1S/C5H9NO.C4H9NO.C2H7N/c1-2-3-6-4-5-7;1-5(2)3-4-6;1-3-2/h2-3,5-6H,4H2,1H3;4H,3H2,1-2H3;3H,1-2H3/b3-2+;;. The van der Waals surface area contributed by atoms with E-state index in [0.717, 1.165) is 12.6 Å². The predicted octanol–water partition coefficient (Wildman–Crippen LogP) is -0.109. The second-order valence-corrected chi connectivity index (χ2v) is 3.00. The number of allylic oxidation sites excluding steroid dienone is 1. The fourth-order valence-electron chi connectivity index (χ4n) is 0.383. The lowest BCUT2D eigenvalue weighted by Crippen LogP contribution is -2.13. The fraction of sp³-hybridized carbons (Fsp3) is 0.636. The molecule has 0 aliphatic carbocycles. The molecule has 0 unspecified atom stereocenters. The van der Waals surface area contributed by atoms with E-state index in [-0.39, 0.29) is 0 Å². The Kier molecular flexibility index (Phi) is 29.8. The summed E-state index contributed by atoms with van der Waals surface area (Å²) in [6.07, 6.45) is 5.26. The lowest BCUT2D eigenvalue weighted by molar-refractivity contribution is -0.108. The first-order chi connectivity index (χ1) is 7.60. The van der Waals surface area contributed by atoms with Crippen molar-refractivity contribution in [3.8, 4) is 0 Å². The van der Waals surface area contributed by atoms with Gasteiger partial charge in [-0.05, 0) is 41.3 Å². The highest BCUT2D eigenvalue weighted by atomic mass is 16.1. The summed E-state index contributed by atoms with van der Waals surface area (Å²) in [6, 6.07) is 0. The van der Waals surface area contributed by atoms with Crippen LogP contribution in [0.25, 0.3) is 0 Å². The van der Waals surface area contributed by atoms with Gasteiger partial charge in [0.25, 0.3) is 0 Å². The second-order valence-electron chi connectivity index (χ2n) is 3.00. The number of hydrogen-bond donors (Lipinski definition) is 2. The lowest BCUT2D eigenvalue weighted by Gasteiger charge is -1.99. The summed E-state index contributed by atoms with van der Waals surface area (Å²) in [5.41, 5.74) is 0. The van der Waals surface area contributed by atoms with Crippen LogP contribution >= 0.6 is 0 Å². The fourth-order valence-corrected chi connectivity index (χ4v) is 0.383. The number of nitrogens with one attached hydrogen (secondary N) is 2. The summed E-state index contributed by atoms with van der Waals surface area (Å²) < 4.78 is 0. The van der Waals surface area contributed by atoms with Crippen LogP contribution in [-0.2, 0) is 9.59 Å². The first-order valence-electron chi connectivity index (χ1n) is 5.05. The molecular weight excluding hydrogens is 206 g/mol. The van der Waals surface area contributed by atoms with Gasteiger partial charge < -0.3 is 25.1 Å². The average Bonchev–Trinajstić information content (AvgIpc) is 2.20. The molecule has 16 heavy (non-hydrogen) atoms. The molecule has 2 N–H and O–H groups in total. The van der Waals surface area contributed by atoms with E-state index in [1.165, 1.54) is 0 Å². The smallest absolute Gasteiger partial charge is 0.139 e. The Morgan fingerprint density at radius 3 is 1.81 bits per heavy atom. The van der Waals surface area contributed by atoms with Crippen molar-refractivity contribution in [2.45, 2.75) is 6.92 Å². The summed E-state index contributed by atoms with van der Waals surface area (Å²) in [5, 5.41) is 5.49. The number of likely N-dealkylation sites (N-methyl/N-ethyl adjacent to an activating group) is 1. The van der Waals surface area contributed by atoms with Crippen LogP contribution < -0.4 is 10.6 Å². The molecule has 0 aromatic carbocycles. The third-order valence-corrected chi connectivity index (χ3v) is 0.925. The molecule has 0 heterocycles. The van der Waals surface area contributed by atoms with Gasteiger partial charge in [-0.1, -0.05) is 6.08 Å². The van der Waals surface area contributed by atoms with Crippen molar-refractivity contribution in [3.63, 3.8) is 0 Å². The Bertz CT molecular complexity index is 159. The Morgan fingerprint density at radius 1 is 1.12 bits per heavy atom. The third kappa shape index (κ3) is 53.0. The second kappa shape index (κ2) is 23.5. The molecule has 0 radical (unpaired) electrons. The minimum atomic E-state index is 0.407. The first kappa shape index (κ1) is 20.2. The lowest BCUT2D eigenvalue weighted by atomic mass is 10.6. The summed E-state index contributed by atoms with van der Waals surface area (Å²) in [5.74, 6) is 0. The van der Waals surface area contributed by atoms with Crippen LogP contribution in [-0.4, -0.2) is 58.8 Å². The third-order valence-electron chi connectivity index (χ3n) is 0.925. The first-order valence-corrected chi connectivity index (χ1v) is 5.05. The Morgan fingerprint density at radius 2 is 1.62 bits per heavy atom. The number of carbonyl (C=O) groups excluding carboxylic acids is 2. The number of aldehydes is 2. The van der Waals surface area contributed by atoms with Gasteiger partial charge in [0.2, 0.25) is 0 Å². The van der Waals surface area contributed by atoms with Gasteiger partial charge in [0.1, 0.15) is 12.6 Å². The molecule has 0 rings (SSSR count). The van der Waals surface area contributed by atoms with Gasteiger partial charge in [0, 0.05) is 0 Å². The van der Waals surface area contributed by atoms with Gasteiger partial charge >= 0.3 is 0 Å². The van der Waals surface area contributed by atoms with Crippen LogP contribution in [0.2, 0.25) is 0 Å². The topological polar surface area (TPSA) is 61.4 Å². The largest absolute Gasteiger partial charge is 0.384 e. The minimum Gasteiger partial charge on any atom is -0.384 e. The zero-order valence-electron chi connectivity index (χ0n) is 11.0. The maximum Gasteiger partial charge on any atom is 0.139 e. The molecule has 5 heteroatoms. The van der Waals surface area contributed by atoms with Gasteiger partial charge in [-0.2, -0.15) is 0 Å². The predicted molar refractivity (Wildman–Crippen MR) is 68.5 cm³/mol. The molecule has 0 aliphatic rings. The highest BCUT2D eigenvalue weighted by Gasteiger charge is 1.79. The molecule has 0 aliphatic heterocycles. The Hall–Kier alpha value is -1.20. The van der Waals surface area contributed by atoms with Crippen LogP contribution in [0, 0.1) is 0 Å². The van der Waals surface area contributed by atoms with Crippen LogP contribution in [0.5, 0.6) is 0 Å². The normalized spacial score (nSPS) is 8.62. The van der Waals surface area contributed by atoms with E-state index in [9.17, 15) is 9.59 Å². The zero-order valence-corrected chi connectivity index (χ0v) is 11.0. The van der Waals surface area contributed by atoms with Gasteiger partial charge in [0.05, 0.1) is 13.1 Å². The van der Waals surface area contributed by atoms with Crippen molar-refractivity contribution in [2.75, 3.05) is 41.3 Å². The van der Waals surface area contributed by atoms with Crippen LogP contribution in [0.1, 0.15) is 6.92 Å². The average molecular weight is 231 g/mol. The molecule has 0 aromatic rings. The summed E-state index contributed by atoms with van der Waals surface area (Å²) in [7, 11) is 7.46. The van der Waals surface area contributed by atoms with E-state index in [0.29, 0.717) is 13.1 Å². The van der Waals surface area contributed by atoms with Gasteiger partial charge in [-0.15, -0.1) is 0 Å². The van der Waals surface area contributed by atoms with Gasteiger partial charge in [-0.3, -0.25) is 0 Å². The molecule has 0 spiro atoms. The highest BCUT2D eigenvalue weighted by Crippen LogP contribution is 1.62. The van der Waals surface area contributed by atoms with E-state index in [4.69, 9.17) is 0 Å². The Labute approximate surface area is 98.9 Å².